The van der Waals surface area contributed by atoms with Crippen LogP contribution in [0.5, 0.6) is 17.2 Å². The Hall–Kier alpha value is -3.54. The van der Waals surface area contributed by atoms with Gasteiger partial charge in [-0.1, -0.05) is 53.0 Å². The molecular weight excluding hydrogens is 468 g/mol. The number of phenols is 1. The quantitative estimate of drug-likeness (QED) is 0.150. The maximum absolute atomic E-state index is 14.0. The van der Waals surface area contributed by atoms with E-state index >= 15 is 0 Å². The molecular formula is C31H38O6. The monoisotopic (exact) mass is 506 g/mol. The van der Waals surface area contributed by atoms with Crippen molar-refractivity contribution in [2.24, 2.45) is 11.8 Å². The lowest BCUT2D eigenvalue weighted by Crippen LogP contribution is -2.13. The maximum Gasteiger partial charge on any atom is 0.204 e. The van der Waals surface area contributed by atoms with Crippen LogP contribution in [0.2, 0.25) is 0 Å². The topological polar surface area (TPSA) is 86.0 Å². The Kier molecular flexibility index (Phi) is 9.19. The van der Waals surface area contributed by atoms with Gasteiger partial charge in [0.2, 0.25) is 5.43 Å². The van der Waals surface area contributed by atoms with E-state index in [0.717, 1.165) is 12.8 Å². The van der Waals surface area contributed by atoms with Crippen molar-refractivity contribution in [3.05, 3.63) is 64.4 Å². The predicted octanol–water partition coefficient (Wildman–Crippen LogP) is 7.16. The van der Waals surface area contributed by atoms with Crippen LogP contribution in [-0.2, 0) is 12.8 Å². The zero-order valence-electron chi connectivity index (χ0n) is 22.6. The molecule has 6 nitrogen and oxygen atoms in total. The molecule has 6 heteroatoms. The zero-order chi connectivity index (χ0) is 27.3. The van der Waals surface area contributed by atoms with Crippen LogP contribution in [0.1, 0.15) is 68.9 Å². The van der Waals surface area contributed by atoms with Gasteiger partial charge in [-0.3, -0.25) is 9.59 Å². The van der Waals surface area contributed by atoms with Gasteiger partial charge in [-0.2, -0.15) is 0 Å². The second-order valence-corrected chi connectivity index (χ2v) is 10.2. The Morgan fingerprint density at radius 1 is 0.919 bits per heavy atom. The Bertz CT molecular complexity index is 1380. The number of rotatable bonds is 13. The van der Waals surface area contributed by atoms with E-state index in [1.54, 1.807) is 24.3 Å². The van der Waals surface area contributed by atoms with E-state index in [1.165, 1.54) is 6.92 Å². The van der Waals surface area contributed by atoms with Crippen LogP contribution in [0.4, 0.5) is 0 Å². The lowest BCUT2D eigenvalue weighted by Gasteiger charge is -2.18. The molecule has 0 saturated heterocycles. The highest BCUT2D eigenvalue weighted by Crippen LogP contribution is 2.40. The number of carbonyl (C=O) groups excluding carboxylic acids is 1. The number of ether oxygens (including phenoxy) is 2. The summed E-state index contributed by atoms with van der Waals surface area (Å²) in [6, 6.07) is 3.25. The number of aromatic hydroxyl groups is 1. The highest BCUT2D eigenvalue weighted by molar-refractivity contribution is 6.05. The van der Waals surface area contributed by atoms with Gasteiger partial charge in [-0.05, 0) is 50.0 Å². The third kappa shape index (κ3) is 6.07. The lowest BCUT2D eigenvalue weighted by molar-refractivity contribution is 0.101. The summed E-state index contributed by atoms with van der Waals surface area (Å²) in [5.41, 5.74) is 1.66. The van der Waals surface area contributed by atoms with Gasteiger partial charge in [0.05, 0.1) is 10.9 Å². The minimum absolute atomic E-state index is 0.0947. The van der Waals surface area contributed by atoms with Crippen LogP contribution in [0.3, 0.4) is 0 Å². The molecule has 0 spiro atoms. The van der Waals surface area contributed by atoms with Crippen LogP contribution in [0, 0.1) is 11.8 Å². The highest BCUT2D eigenvalue weighted by Gasteiger charge is 2.25. The highest BCUT2D eigenvalue weighted by atomic mass is 16.5. The second kappa shape index (κ2) is 12.1. The molecule has 0 unspecified atom stereocenters. The predicted molar refractivity (Wildman–Crippen MR) is 149 cm³/mol. The van der Waals surface area contributed by atoms with Crippen molar-refractivity contribution in [2.75, 3.05) is 13.2 Å². The number of Topliss-reactive ketones (excluding diaryl/α,β-unsaturated/α-hetero) is 1. The molecule has 3 rings (SSSR count). The number of aryl methyl sites for hydroxylation is 1. The minimum atomic E-state index is -0.369. The normalized spacial score (nSPS) is 11.4. The molecule has 0 atom stereocenters. The molecule has 198 valence electrons. The summed E-state index contributed by atoms with van der Waals surface area (Å²) < 4.78 is 17.9. The molecule has 0 amide bonds. The molecule has 0 aliphatic carbocycles. The van der Waals surface area contributed by atoms with Crippen molar-refractivity contribution in [1.82, 2.24) is 0 Å². The van der Waals surface area contributed by atoms with Crippen molar-refractivity contribution < 1.29 is 23.8 Å². The van der Waals surface area contributed by atoms with Crippen LogP contribution in [0.15, 0.2) is 46.7 Å². The first-order valence-corrected chi connectivity index (χ1v) is 12.9. The summed E-state index contributed by atoms with van der Waals surface area (Å²) >= 11 is 0. The third-order valence-corrected chi connectivity index (χ3v) is 6.37. The summed E-state index contributed by atoms with van der Waals surface area (Å²) in [4.78, 5) is 26.9. The number of phenolic OH excluding ortho intramolecular Hbond substituents is 1. The van der Waals surface area contributed by atoms with Crippen LogP contribution in [0.25, 0.3) is 21.9 Å². The van der Waals surface area contributed by atoms with Gasteiger partial charge in [0.25, 0.3) is 0 Å². The van der Waals surface area contributed by atoms with Crippen molar-refractivity contribution >= 4 is 27.7 Å². The summed E-state index contributed by atoms with van der Waals surface area (Å²) in [6.45, 7) is 17.7. The molecule has 1 N–H and O–H groups in total. The first-order chi connectivity index (χ1) is 17.6. The number of hydrogen-bond acceptors (Lipinski definition) is 6. The first kappa shape index (κ1) is 28.0. The van der Waals surface area contributed by atoms with Gasteiger partial charge in [0.15, 0.2) is 5.78 Å². The number of ketones is 1. The molecule has 1 heterocycles. The number of benzene rings is 2. The summed E-state index contributed by atoms with van der Waals surface area (Å²) in [5, 5.41) is 11.8. The fourth-order valence-electron chi connectivity index (χ4n) is 4.50. The molecule has 0 radical (unpaired) electrons. The van der Waals surface area contributed by atoms with Gasteiger partial charge in [-0.25, -0.2) is 0 Å². The molecule has 37 heavy (non-hydrogen) atoms. The molecule has 0 bridgehead atoms. The van der Waals surface area contributed by atoms with Gasteiger partial charge in [0, 0.05) is 17.7 Å². The average molecular weight is 507 g/mol. The minimum Gasteiger partial charge on any atom is -0.507 e. The molecule has 3 aromatic rings. The Balaban J connectivity index is 2.44. The Morgan fingerprint density at radius 2 is 1.43 bits per heavy atom. The fourth-order valence-corrected chi connectivity index (χ4v) is 4.50. The zero-order valence-corrected chi connectivity index (χ0v) is 22.6. The van der Waals surface area contributed by atoms with Gasteiger partial charge < -0.3 is 19.0 Å². The largest absolute Gasteiger partial charge is 0.507 e. The molecule has 2 aromatic carbocycles. The van der Waals surface area contributed by atoms with Gasteiger partial charge in [0.1, 0.15) is 47.0 Å². The third-order valence-electron chi connectivity index (χ3n) is 6.37. The fraction of sp³-hybridized carbons (Fsp3) is 0.419. The molecule has 0 aliphatic heterocycles. The second-order valence-electron chi connectivity index (χ2n) is 10.2. The van der Waals surface area contributed by atoms with E-state index in [-0.39, 0.29) is 41.1 Å². The van der Waals surface area contributed by atoms with E-state index in [0.29, 0.717) is 63.8 Å². The molecule has 1 aromatic heterocycles. The van der Waals surface area contributed by atoms with E-state index in [9.17, 15) is 14.7 Å². The van der Waals surface area contributed by atoms with E-state index in [2.05, 4.69) is 40.9 Å². The summed E-state index contributed by atoms with van der Waals surface area (Å²) in [7, 11) is 0. The molecule has 0 saturated carbocycles. The standard InChI is InChI=1S/C31H38O6/c1-8-14-35-23-16-26-29(30(33)21(23)12-10-18(3)4)31(34)28-22(13-11-19(5)6)27(20(7)32)24(36-15-9-2)17-25(28)37-26/h8-9,16-19,33H,1-2,10-15H2,3-7H3. The maximum atomic E-state index is 14.0. The smallest absolute Gasteiger partial charge is 0.204 e. The Morgan fingerprint density at radius 3 is 1.97 bits per heavy atom. The van der Waals surface area contributed by atoms with Crippen molar-refractivity contribution in [3.8, 4) is 17.2 Å². The Labute approximate surface area is 218 Å². The molecule has 0 aliphatic rings. The van der Waals surface area contributed by atoms with Crippen LogP contribution >= 0.6 is 0 Å². The van der Waals surface area contributed by atoms with Crippen LogP contribution in [-0.4, -0.2) is 24.1 Å². The lowest BCUT2D eigenvalue weighted by atomic mass is 9.91. The van der Waals surface area contributed by atoms with Crippen LogP contribution < -0.4 is 14.9 Å². The van der Waals surface area contributed by atoms with Crippen molar-refractivity contribution in [1.29, 1.82) is 0 Å². The van der Waals surface area contributed by atoms with Gasteiger partial charge >= 0.3 is 0 Å². The number of fused-ring (bicyclic) bond motifs is 2. The first-order valence-electron chi connectivity index (χ1n) is 12.9. The summed E-state index contributed by atoms with van der Waals surface area (Å²) in [5.74, 6) is 1.21. The summed E-state index contributed by atoms with van der Waals surface area (Å²) in [6.07, 6.45) is 5.82. The van der Waals surface area contributed by atoms with Gasteiger partial charge in [-0.15, -0.1) is 0 Å². The van der Waals surface area contributed by atoms with E-state index in [1.807, 2.05) is 0 Å². The van der Waals surface area contributed by atoms with Crippen molar-refractivity contribution in [2.45, 2.75) is 60.3 Å². The number of hydrogen-bond donors (Lipinski definition) is 1. The molecule has 0 fully saturated rings. The van der Waals surface area contributed by atoms with Crippen molar-refractivity contribution in [3.63, 3.8) is 0 Å². The average Bonchev–Trinajstić information content (AvgIpc) is 2.83. The number of carbonyl (C=O) groups is 1. The SMILES string of the molecule is C=CCOc1cc2oc3cc(OCC=C)c(C(C)=O)c(CCC(C)C)c3c(=O)c2c(O)c1CCC(C)C. The van der Waals surface area contributed by atoms with E-state index in [4.69, 9.17) is 13.9 Å². The van der Waals surface area contributed by atoms with E-state index < -0.39 is 0 Å².